The monoisotopic (exact) mass is 217 g/mol. The second-order valence-corrected chi connectivity index (χ2v) is 3.01. The number of rotatable bonds is 4. The Bertz CT molecular complexity index is 463. The summed E-state index contributed by atoms with van der Waals surface area (Å²) in [6.45, 7) is 5.26. The molecule has 0 fully saturated rings. The van der Waals surface area contributed by atoms with E-state index in [9.17, 15) is 4.79 Å². The van der Waals surface area contributed by atoms with Crippen LogP contribution >= 0.6 is 0 Å². The maximum Gasteiger partial charge on any atom is 0.349 e. The summed E-state index contributed by atoms with van der Waals surface area (Å²) in [5.74, 6) is 0.476. The van der Waals surface area contributed by atoms with E-state index in [0.717, 1.165) is 0 Å². The Labute approximate surface area is 93.4 Å². The van der Waals surface area contributed by atoms with Crippen molar-refractivity contribution in [3.8, 4) is 6.07 Å². The largest absolute Gasteiger partial charge is 0.462 e. The minimum atomic E-state index is -0.684. The predicted molar refractivity (Wildman–Crippen MR) is 58.2 cm³/mol. The van der Waals surface area contributed by atoms with Crippen LogP contribution in [0.3, 0.4) is 0 Å². The fourth-order valence-electron chi connectivity index (χ4n) is 1.02. The molecule has 0 saturated heterocycles. The number of aryl methyl sites for hydroxylation is 1. The van der Waals surface area contributed by atoms with Gasteiger partial charge in [-0.05, 0) is 19.1 Å². The zero-order valence-corrected chi connectivity index (χ0v) is 8.90. The maximum atomic E-state index is 11.3. The highest BCUT2D eigenvalue weighted by Gasteiger charge is 2.10. The van der Waals surface area contributed by atoms with Crippen LogP contribution < -0.4 is 0 Å². The molecule has 4 heteroatoms. The van der Waals surface area contributed by atoms with Crippen molar-refractivity contribution in [1.29, 1.82) is 5.26 Å². The van der Waals surface area contributed by atoms with E-state index in [1.165, 1.54) is 12.2 Å². The Morgan fingerprint density at radius 2 is 2.44 bits per heavy atom. The number of carbonyl (C=O) groups is 1. The van der Waals surface area contributed by atoms with Crippen LogP contribution in [-0.4, -0.2) is 12.6 Å². The van der Waals surface area contributed by atoms with Gasteiger partial charge < -0.3 is 9.15 Å². The van der Waals surface area contributed by atoms with Gasteiger partial charge in [0.15, 0.2) is 0 Å². The first kappa shape index (κ1) is 11.8. The molecule has 0 radical (unpaired) electrons. The summed E-state index contributed by atoms with van der Waals surface area (Å²) >= 11 is 0. The molecular weight excluding hydrogens is 206 g/mol. The van der Waals surface area contributed by atoms with Gasteiger partial charge >= 0.3 is 5.97 Å². The SMILES string of the molecule is C=CCOC(=O)C(C#N)=Cc1ccc(C)o1. The van der Waals surface area contributed by atoms with Gasteiger partial charge in [-0.25, -0.2) is 4.79 Å². The lowest BCUT2D eigenvalue weighted by molar-refractivity contribution is -0.137. The van der Waals surface area contributed by atoms with Crippen molar-refractivity contribution < 1.29 is 13.9 Å². The van der Waals surface area contributed by atoms with Crippen molar-refractivity contribution in [3.63, 3.8) is 0 Å². The minimum absolute atomic E-state index is 0.0784. The molecule has 1 aromatic heterocycles. The third-order valence-corrected chi connectivity index (χ3v) is 1.72. The lowest BCUT2D eigenvalue weighted by Crippen LogP contribution is -2.06. The average molecular weight is 217 g/mol. The number of nitrogens with zero attached hydrogens (tertiary/aromatic N) is 1. The molecule has 0 aliphatic heterocycles. The molecule has 0 aliphatic rings. The summed E-state index contributed by atoms with van der Waals surface area (Å²) < 4.78 is 9.95. The predicted octanol–water partition coefficient (Wildman–Crippen LogP) is 2.22. The van der Waals surface area contributed by atoms with Crippen LogP contribution in [0.5, 0.6) is 0 Å². The summed E-state index contributed by atoms with van der Waals surface area (Å²) in [4.78, 5) is 11.3. The number of nitriles is 1. The molecule has 4 nitrogen and oxygen atoms in total. The fraction of sp³-hybridized carbons (Fsp3) is 0.167. The Balaban J connectivity index is 2.82. The number of carbonyl (C=O) groups excluding carboxylic acids is 1. The second-order valence-electron chi connectivity index (χ2n) is 3.01. The van der Waals surface area contributed by atoms with Gasteiger partial charge in [-0.3, -0.25) is 0 Å². The van der Waals surface area contributed by atoms with Crippen molar-refractivity contribution in [1.82, 2.24) is 0 Å². The summed E-state index contributed by atoms with van der Waals surface area (Å²) in [6, 6.07) is 5.18. The van der Waals surface area contributed by atoms with E-state index in [0.29, 0.717) is 11.5 Å². The maximum absolute atomic E-state index is 11.3. The van der Waals surface area contributed by atoms with Crippen LogP contribution in [0, 0.1) is 18.3 Å². The number of hydrogen-bond donors (Lipinski definition) is 0. The topological polar surface area (TPSA) is 63.2 Å². The highest BCUT2D eigenvalue weighted by Crippen LogP contribution is 2.11. The molecule has 1 rings (SSSR count). The molecule has 16 heavy (non-hydrogen) atoms. The molecule has 0 saturated carbocycles. The van der Waals surface area contributed by atoms with E-state index in [2.05, 4.69) is 6.58 Å². The van der Waals surface area contributed by atoms with Crippen LogP contribution in [0.15, 0.2) is 34.8 Å². The number of hydrogen-bond acceptors (Lipinski definition) is 4. The first-order chi connectivity index (χ1) is 7.67. The molecule has 0 amide bonds. The molecule has 0 aromatic carbocycles. The zero-order chi connectivity index (χ0) is 12.0. The summed E-state index contributed by atoms with van der Waals surface area (Å²) in [7, 11) is 0. The third kappa shape index (κ3) is 3.14. The van der Waals surface area contributed by atoms with Crippen molar-refractivity contribution in [2.75, 3.05) is 6.61 Å². The van der Waals surface area contributed by atoms with Crippen LogP contribution in [0.4, 0.5) is 0 Å². The number of ether oxygens (including phenoxy) is 1. The molecule has 0 unspecified atom stereocenters. The molecule has 0 spiro atoms. The highest BCUT2D eigenvalue weighted by atomic mass is 16.5. The highest BCUT2D eigenvalue weighted by molar-refractivity contribution is 5.97. The first-order valence-corrected chi connectivity index (χ1v) is 4.63. The molecule has 0 aliphatic carbocycles. The van der Waals surface area contributed by atoms with Crippen LogP contribution in [0.25, 0.3) is 6.08 Å². The molecule has 1 heterocycles. The standard InChI is InChI=1S/C12H11NO3/c1-3-6-15-12(14)10(8-13)7-11-5-4-9(2)16-11/h3-5,7H,1,6H2,2H3. The Kier molecular flexibility index (Phi) is 4.10. The number of esters is 1. The van der Waals surface area contributed by atoms with Gasteiger partial charge in [0.1, 0.15) is 29.8 Å². The van der Waals surface area contributed by atoms with Gasteiger partial charge in [-0.2, -0.15) is 5.26 Å². The molecule has 82 valence electrons. The Morgan fingerprint density at radius 3 is 2.94 bits per heavy atom. The van der Waals surface area contributed by atoms with Gasteiger partial charge in [-0.1, -0.05) is 12.7 Å². The van der Waals surface area contributed by atoms with E-state index in [1.807, 2.05) is 0 Å². The van der Waals surface area contributed by atoms with E-state index in [-0.39, 0.29) is 12.2 Å². The molecule has 0 atom stereocenters. The lowest BCUT2D eigenvalue weighted by Gasteiger charge is -1.98. The van der Waals surface area contributed by atoms with Gasteiger partial charge in [0.25, 0.3) is 0 Å². The van der Waals surface area contributed by atoms with E-state index >= 15 is 0 Å². The molecule has 0 bridgehead atoms. The number of furan rings is 1. The fourth-order valence-corrected chi connectivity index (χ4v) is 1.02. The molecule has 0 N–H and O–H groups in total. The summed E-state index contributed by atoms with van der Waals surface area (Å²) in [5.41, 5.74) is -0.101. The zero-order valence-electron chi connectivity index (χ0n) is 8.90. The lowest BCUT2D eigenvalue weighted by atomic mass is 10.2. The first-order valence-electron chi connectivity index (χ1n) is 4.63. The Hall–Kier alpha value is -2.28. The van der Waals surface area contributed by atoms with Gasteiger partial charge in [0.2, 0.25) is 0 Å². The molecular formula is C12H11NO3. The normalized spacial score (nSPS) is 10.6. The van der Waals surface area contributed by atoms with Gasteiger partial charge in [-0.15, -0.1) is 0 Å². The second kappa shape index (κ2) is 5.56. The Morgan fingerprint density at radius 1 is 1.69 bits per heavy atom. The van der Waals surface area contributed by atoms with Crippen molar-refractivity contribution in [3.05, 3.63) is 41.9 Å². The van der Waals surface area contributed by atoms with E-state index in [1.54, 1.807) is 25.1 Å². The van der Waals surface area contributed by atoms with Gasteiger partial charge in [0.05, 0.1) is 0 Å². The third-order valence-electron chi connectivity index (χ3n) is 1.72. The van der Waals surface area contributed by atoms with E-state index < -0.39 is 5.97 Å². The van der Waals surface area contributed by atoms with Crippen LogP contribution in [0.2, 0.25) is 0 Å². The van der Waals surface area contributed by atoms with Crippen LogP contribution in [0.1, 0.15) is 11.5 Å². The van der Waals surface area contributed by atoms with Crippen molar-refractivity contribution >= 4 is 12.0 Å². The quantitative estimate of drug-likeness (QED) is 0.336. The van der Waals surface area contributed by atoms with Crippen molar-refractivity contribution in [2.45, 2.75) is 6.92 Å². The smallest absolute Gasteiger partial charge is 0.349 e. The van der Waals surface area contributed by atoms with Crippen LogP contribution in [-0.2, 0) is 9.53 Å². The van der Waals surface area contributed by atoms with Gasteiger partial charge in [0, 0.05) is 6.08 Å². The van der Waals surface area contributed by atoms with E-state index in [4.69, 9.17) is 14.4 Å². The average Bonchev–Trinajstić information content (AvgIpc) is 2.68. The minimum Gasteiger partial charge on any atom is -0.462 e. The van der Waals surface area contributed by atoms with Crippen molar-refractivity contribution in [2.24, 2.45) is 0 Å². The summed E-state index contributed by atoms with van der Waals surface area (Å²) in [6.07, 6.45) is 2.78. The molecule has 1 aromatic rings. The summed E-state index contributed by atoms with van der Waals surface area (Å²) in [5, 5.41) is 8.78.